The van der Waals surface area contributed by atoms with E-state index in [-0.39, 0.29) is 0 Å². The minimum atomic E-state index is 0.295. The lowest BCUT2D eigenvalue weighted by molar-refractivity contribution is 0.391. The molecule has 0 bridgehead atoms. The summed E-state index contributed by atoms with van der Waals surface area (Å²) in [6, 6.07) is 5.52. The zero-order valence-corrected chi connectivity index (χ0v) is 10.1. The number of hydrogen-bond acceptors (Lipinski definition) is 5. The molecular formula is C11H12N4OS. The van der Waals surface area contributed by atoms with Gasteiger partial charge in [-0.2, -0.15) is 0 Å². The van der Waals surface area contributed by atoms with Crippen LogP contribution in [0.1, 0.15) is 17.1 Å². The Morgan fingerprint density at radius 2 is 2.35 bits per heavy atom. The summed E-state index contributed by atoms with van der Waals surface area (Å²) in [6.07, 6.45) is 1.68. The highest BCUT2D eigenvalue weighted by molar-refractivity contribution is 7.80. The molecule has 2 heterocycles. The molecule has 0 saturated carbocycles. The lowest BCUT2D eigenvalue weighted by Crippen LogP contribution is -2.11. The smallest absolute Gasteiger partial charge is 0.133 e. The van der Waals surface area contributed by atoms with E-state index in [9.17, 15) is 0 Å². The Morgan fingerprint density at radius 1 is 1.53 bits per heavy atom. The zero-order chi connectivity index (χ0) is 12.3. The molecule has 6 heteroatoms. The first-order valence-corrected chi connectivity index (χ1v) is 5.48. The summed E-state index contributed by atoms with van der Waals surface area (Å²) < 4.78 is 4.96. The van der Waals surface area contributed by atoms with Gasteiger partial charge in [0.2, 0.25) is 0 Å². The standard InChI is InChI=1S/C11H12N4OS/c1-7-4-9(15-16-7)6-13-8-2-3-10(11(12)17)14-5-8/h2-5,13H,6H2,1H3,(H2,12,17). The Kier molecular flexibility index (Phi) is 3.34. The van der Waals surface area contributed by atoms with Gasteiger partial charge in [-0.25, -0.2) is 0 Å². The Balaban J connectivity index is 1.97. The summed E-state index contributed by atoms with van der Waals surface area (Å²) in [5, 5.41) is 7.05. The zero-order valence-electron chi connectivity index (χ0n) is 9.30. The first-order chi connectivity index (χ1) is 8.15. The Hall–Kier alpha value is -1.95. The van der Waals surface area contributed by atoms with Gasteiger partial charge in [-0.15, -0.1) is 0 Å². The molecule has 17 heavy (non-hydrogen) atoms. The van der Waals surface area contributed by atoms with Crippen LogP contribution in [0, 0.1) is 6.92 Å². The van der Waals surface area contributed by atoms with Crippen molar-refractivity contribution in [3.8, 4) is 0 Å². The first-order valence-electron chi connectivity index (χ1n) is 5.07. The average Bonchev–Trinajstić information content (AvgIpc) is 2.73. The van der Waals surface area contributed by atoms with Crippen LogP contribution in [0.15, 0.2) is 28.9 Å². The van der Waals surface area contributed by atoms with Crippen molar-refractivity contribution in [2.75, 3.05) is 5.32 Å². The molecule has 0 atom stereocenters. The summed E-state index contributed by atoms with van der Waals surface area (Å²) in [5.41, 5.74) is 7.80. The van der Waals surface area contributed by atoms with E-state index in [1.807, 2.05) is 19.1 Å². The minimum Gasteiger partial charge on any atom is -0.388 e. The normalized spacial score (nSPS) is 10.2. The summed E-state index contributed by atoms with van der Waals surface area (Å²) in [7, 11) is 0. The van der Waals surface area contributed by atoms with Crippen LogP contribution in [0.4, 0.5) is 5.69 Å². The minimum absolute atomic E-state index is 0.295. The second-order valence-electron chi connectivity index (χ2n) is 3.58. The molecule has 0 fully saturated rings. The molecule has 0 saturated heterocycles. The van der Waals surface area contributed by atoms with E-state index in [2.05, 4.69) is 15.5 Å². The van der Waals surface area contributed by atoms with Crippen LogP contribution in [0.2, 0.25) is 0 Å². The maximum absolute atomic E-state index is 5.46. The fourth-order valence-electron chi connectivity index (χ4n) is 1.34. The third kappa shape index (κ3) is 3.01. The summed E-state index contributed by atoms with van der Waals surface area (Å²) in [6.45, 7) is 2.44. The number of nitrogens with zero attached hydrogens (tertiary/aromatic N) is 2. The number of aryl methyl sites for hydroxylation is 1. The van der Waals surface area contributed by atoms with Gasteiger partial charge in [-0.05, 0) is 19.1 Å². The number of nitrogens with two attached hydrogens (primary N) is 1. The lowest BCUT2D eigenvalue weighted by Gasteiger charge is -2.04. The van der Waals surface area contributed by atoms with Crippen LogP contribution < -0.4 is 11.1 Å². The van der Waals surface area contributed by atoms with Crippen molar-refractivity contribution >= 4 is 22.9 Å². The predicted octanol–water partition coefficient (Wildman–Crippen LogP) is 1.62. The Labute approximate surface area is 104 Å². The summed E-state index contributed by atoms with van der Waals surface area (Å²) in [4.78, 5) is 4.42. The van der Waals surface area contributed by atoms with Gasteiger partial charge in [0.25, 0.3) is 0 Å². The van der Waals surface area contributed by atoms with Crippen molar-refractivity contribution < 1.29 is 4.52 Å². The molecule has 0 aliphatic carbocycles. The van der Waals surface area contributed by atoms with Crippen molar-refractivity contribution in [3.05, 3.63) is 41.5 Å². The molecule has 2 rings (SSSR count). The number of pyridine rings is 1. The predicted molar refractivity (Wildman–Crippen MR) is 68.7 cm³/mol. The van der Waals surface area contributed by atoms with Gasteiger partial charge in [0.1, 0.15) is 16.4 Å². The van der Waals surface area contributed by atoms with E-state index < -0.39 is 0 Å². The van der Waals surface area contributed by atoms with Crippen molar-refractivity contribution in [2.45, 2.75) is 13.5 Å². The third-order valence-electron chi connectivity index (χ3n) is 2.17. The largest absolute Gasteiger partial charge is 0.388 e. The maximum Gasteiger partial charge on any atom is 0.133 e. The van der Waals surface area contributed by atoms with Gasteiger partial charge in [0, 0.05) is 6.07 Å². The molecule has 2 aromatic rings. The number of anilines is 1. The van der Waals surface area contributed by atoms with Crippen LogP contribution in [0.25, 0.3) is 0 Å². The third-order valence-corrected chi connectivity index (χ3v) is 2.38. The van der Waals surface area contributed by atoms with Gasteiger partial charge in [0.05, 0.1) is 24.1 Å². The molecule has 0 spiro atoms. The Morgan fingerprint density at radius 3 is 2.88 bits per heavy atom. The second-order valence-corrected chi connectivity index (χ2v) is 4.02. The van der Waals surface area contributed by atoms with Gasteiger partial charge in [-0.1, -0.05) is 17.4 Å². The fourth-order valence-corrected chi connectivity index (χ4v) is 1.46. The lowest BCUT2D eigenvalue weighted by atomic mass is 10.3. The molecule has 2 aromatic heterocycles. The van der Waals surface area contributed by atoms with Crippen LogP contribution in [-0.4, -0.2) is 15.1 Å². The number of nitrogens with one attached hydrogen (secondary N) is 1. The van der Waals surface area contributed by atoms with E-state index in [0.29, 0.717) is 17.2 Å². The molecule has 0 aliphatic heterocycles. The number of thiocarbonyl (C=S) groups is 1. The molecule has 88 valence electrons. The topological polar surface area (TPSA) is 77.0 Å². The van der Waals surface area contributed by atoms with E-state index in [1.165, 1.54) is 0 Å². The van der Waals surface area contributed by atoms with Gasteiger partial charge >= 0.3 is 0 Å². The molecule has 0 aromatic carbocycles. The second kappa shape index (κ2) is 4.92. The van der Waals surface area contributed by atoms with E-state index in [0.717, 1.165) is 17.1 Å². The fraction of sp³-hybridized carbons (Fsp3) is 0.182. The van der Waals surface area contributed by atoms with Crippen molar-refractivity contribution in [3.63, 3.8) is 0 Å². The number of rotatable bonds is 4. The molecule has 0 amide bonds. The van der Waals surface area contributed by atoms with Crippen LogP contribution in [-0.2, 0) is 6.54 Å². The molecular weight excluding hydrogens is 236 g/mol. The van der Waals surface area contributed by atoms with E-state index in [1.54, 1.807) is 12.3 Å². The summed E-state index contributed by atoms with van der Waals surface area (Å²) in [5.74, 6) is 0.795. The van der Waals surface area contributed by atoms with Crippen LogP contribution in [0.5, 0.6) is 0 Å². The van der Waals surface area contributed by atoms with E-state index in [4.69, 9.17) is 22.5 Å². The molecule has 0 radical (unpaired) electrons. The van der Waals surface area contributed by atoms with E-state index >= 15 is 0 Å². The highest BCUT2D eigenvalue weighted by Crippen LogP contribution is 2.09. The number of aromatic nitrogens is 2. The quantitative estimate of drug-likeness (QED) is 0.801. The average molecular weight is 248 g/mol. The molecule has 0 aliphatic rings. The monoisotopic (exact) mass is 248 g/mol. The SMILES string of the molecule is Cc1cc(CNc2ccc(C(N)=S)nc2)no1. The van der Waals surface area contributed by atoms with Crippen LogP contribution >= 0.6 is 12.2 Å². The van der Waals surface area contributed by atoms with Gasteiger partial charge < -0.3 is 15.6 Å². The molecule has 3 N–H and O–H groups in total. The van der Waals surface area contributed by atoms with Crippen LogP contribution in [0.3, 0.4) is 0 Å². The van der Waals surface area contributed by atoms with Crippen molar-refractivity contribution in [1.82, 2.24) is 10.1 Å². The highest BCUT2D eigenvalue weighted by Gasteiger charge is 2.01. The summed E-state index contributed by atoms with van der Waals surface area (Å²) >= 11 is 4.82. The van der Waals surface area contributed by atoms with Crippen molar-refractivity contribution in [2.24, 2.45) is 5.73 Å². The molecule has 0 unspecified atom stereocenters. The van der Waals surface area contributed by atoms with Gasteiger partial charge in [-0.3, -0.25) is 4.98 Å². The highest BCUT2D eigenvalue weighted by atomic mass is 32.1. The number of hydrogen-bond donors (Lipinski definition) is 2. The van der Waals surface area contributed by atoms with Crippen molar-refractivity contribution in [1.29, 1.82) is 0 Å². The first kappa shape index (κ1) is 11.5. The molecule has 5 nitrogen and oxygen atoms in total. The Bertz CT molecular complexity index is 521. The van der Waals surface area contributed by atoms with Gasteiger partial charge in [0.15, 0.2) is 0 Å². The maximum atomic E-state index is 5.46.